The van der Waals surface area contributed by atoms with Gasteiger partial charge in [-0.25, -0.2) is 8.42 Å². The van der Waals surface area contributed by atoms with Gasteiger partial charge in [0.15, 0.2) is 0 Å². The zero-order chi connectivity index (χ0) is 14.8. The summed E-state index contributed by atoms with van der Waals surface area (Å²) in [6, 6.07) is 6.19. The third-order valence-electron chi connectivity index (χ3n) is 3.89. The first-order chi connectivity index (χ1) is 9.48. The van der Waals surface area contributed by atoms with Crippen molar-refractivity contribution in [3.8, 4) is 5.75 Å². The van der Waals surface area contributed by atoms with Crippen LogP contribution in [0.3, 0.4) is 0 Å². The summed E-state index contributed by atoms with van der Waals surface area (Å²) in [4.78, 5) is 0.141. The molecule has 1 aliphatic carbocycles. The highest BCUT2D eigenvalue weighted by Crippen LogP contribution is 2.30. The van der Waals surface area contributed by atoms with Crippen LogP contribution in [0.1, 0.15) is 25.7 Å². The lowest BCUT2D eigenvalue weighted by atomic mass is 9.93. The molecule has 2 atom stereocenters. The summed E-state index contributed by atoms with van der Waals surface area (Å²) in [5.74, 6) is 0.324. The third-order valence-corrected chi connectivity index (χ3v) is 5.81. The summed E-state index contributed by atoms with van der Waals surface area (Å²) in [6.45, 7) is 0. The van der Waals surface area contributed by atoms with Crippen LogP contribution in [0.2, 0.25) is 0 Å². The molecule has 0 spiro atoms. The highest BCUT2D eigenvalue weighted by molar-refractivity contribution is 7.89. The van der Waals surface area contributed by atoms with Crippen molar-refractivity contribution in [1.29, 1.82) is 0 Å². The summed E-state index contributed by atoms with van der Waals surface area (Å²) in [7, 11) is -0.689. The summed E-state index contributed by atoms with van der Waals surface area (Å²) in [5.41, 5.74) is 0. The Bertz CT molecular complexity index is 558. The van der Waals surface area contributed by atoms with Gasteiger partial charge in [0.1, 0.15) is 10.6 Å². The predicted molar refractivity (Wildman–Crippen MR) is 76.2 cm³/mol. The number of ether oxygens (including phenoxy) is 1. The van der Waals surface area contributed by atoms with Crippen LogP contribution in [0, 0.1) is 0 Å². The minimum absolute atomic E-state index is 0.141. The SMILES string of the molecule is COc1ccccc1S(=O)(=O)N(C)C1CCCCC1O. The number of likely N-dealkylation sites (N-methyl/N-ethyl adjacent to an activating group) is 1. The number of aliphatic hydroxyl groups excluding tert-OH is 1. The van der Waals surface area contributed by atoms with E-state index >= 15 is 0 Å². The van der Waals surface area contributed by atoms with Crippen molar-refractivity contribution < 1.29 is 18.3 Å². The predicted octanol–water partition coefficient (Wildman–Crippen LogP) is 1.62. The largest absolute Gasteiger partial charge is 0.495 e. The van der Waals surface area contributed by atoms with Gasteiger partial charge < -0.3 is 9.84 Å². The van der Waals surface area contributed by atoms with Crippen molar-refractivity contribution in [2.24, 2.45) is 0 Å². The fourth-order valence-electron chi connectivity index (χ4n) is 2.68. The molecule has 0 bridgehead atoms. The number of rotatable bonds is 4. The van der Waals surface area contributed by atoms with Crippen LogP contribution in [0.5, 0.6) is 5.75 Å². The smallest absolute Gasteiger partial charge is 0.246 e. The van der Waals surface area contributed by atoms with Gasteiger partial charge in [-0.3, -0.25) is 0 Å². The van der Waals surface area contributed by atoms with Crippen molar-refractivity contribution >= 4 is 10.0 Å². The van der Waals surface area contributed by atoms with Crippen molar-refractivity contribution in [2.45, 2.75) is 42.7 Å². The number of para-hydroxylation sites is 1. The second kappa shape index (κ2) is 6.11. The number of hydrogen-bond donors (Lipinski definition) is 1. The Kier molecular flexibility index (Phi) is 4.67. The molecule has 6 heteroatoms. The monoisotopic (exact) mass is 299 g/mol. The van der Waals surface area contributed by atoms with Crippen molar-refractivity contribution in [3.63, 3.8) is 0 Å². The lowest BCUT2D eigenvalue weighted by molar-refractivity contribution is 0.0637. The Morgan fingerprint density at radius 1 is 1.25 bits per heavy atom. The molecule has 1 aromatic carbocycles. The van der Waals surface area contributed by atoms with E-state index in [0.29, 0.717) is 18.6 Å². The Morgan fingerprint density at radius 2 is 1.90 bits per heavy atom. The number of aliphatic hydroxyl groups is 1. The molecule has 5 nitrogen and oxygen atoms in total. The fourth-order valence-corrected chi connectivity index (χ4v) is 4.25. The van der Waals surface area contributed by atoms with Crippen LogP contribution in [0.25, 0.3) is 0 Å². The van der Waals surface area contributed by atoms with Crippen LogP contribution in [0.15, 0.2) is 29.2 Å². The third kappa shape index (κ3) is 2.82. The molecule has 0 heterocycles. The summed E-state index contributed by atoms with van der Waals surface area (Å²) >= 11 is 0. The first-order valence-electron chi connectivity index (χ1n) is 6.77. The molecule has 20 heavy (non-hydrogen) atoms. The maximum absolute atomic E-state index is 12.7. The summed E-state index contributed by atoms with van der Waals surface area (Å²) < 4.78 is 31.8. The van der Waals surface area contributed by atoms with Crippen molar-refractivity contribution in [1.82, 2.24) is 4.31 Å². The molecular weight excluding hydrogens is 278 g/mol. The normalized spacial score (nSPS) is 23.8. The van der Waals surface area contributed by atoms with Gasteiger partial charge in [0.25, 0.3) is 0 Å². The highest BCUT2D eigenvalue weighted by atomic mass is 32.2. The Balaban J connectivity index is 2.34. The number of nitrogens with zero attached hydrogens (tertiary/aromatic N) is 1. The van der Waals surface area contributed by atoms with Gasteiger partial charge >= 0.3 is 0 Å². The number of benzene rings is 1. The van der Waals surface area contributed by atoms with E-state index in [1.165, 1.54) is 24.5 Å². The second-order valence-corrected chi connectivity index (χ2v) is 7.06. The molecule has 1 saturated carbocycles. The number of hydrogen-bond acceptors (Lipinski definition) is 4. The molecule has 1 aromatic rings. The van der Waals surface area contributed by atoms with Crippen LogP contribution in [0.4, 0.5) is 0 Å². The lowest BCUT2D eigenvalue weighted by Gasteiger charge is -2.34. The van der Waals surface area contributed by atoms with Crippen LogP contribution in [-0.2, 0) is 10.0 Å². The van der Waals surface area contributed by atoms with E-state index in [-0.39, 0.29) is 10.9 Å². The molecule has 0 aliphatic heterocycles. The van der Waals surface area contributed by atoms with E-state index in [1.54, 1.807) is 18.2 Å². The zero-order valence-electron chi connectivity index (χ0n) is 11.8. The van der Waals surface area contributed by atoms with Crippen LogP contribution in [-0.4, -0.2) is 44.1 Å². The standard InChI is InChI=1S/C14H21NO4S/c1-15(11-7-3-4-8-12(11)16)20(17,18)14-10-6-5-9-13(14)19-2/h5-6,9-12,16H,3-4,7-8H2,1-2H3. The molecule has 1 aliphatic rings. The minimum atomic E-state index is -3.67. The quantitative estimate of drug-likeness (QED) is 0.917. The molecule has 0 saturated heterocycles. The van der Waals surface area contributed by atoms with Crippen molar-refractivity contribution in [3.05, 3.63) is 24.3 Å². The van der Waals surface area contributed by atoms with Gasteiger partial charge in [-0.1, -0.05) is 25.0 Å². The molecule has 112 valence electrons. The number of methoxy groups -OCH3 is 1. The summed E-state index contributed by atoms with van der Waals surface area (Å²) in [5, 5.41) is 10.0. The topological polar surface area (TPSA) is 66.8 Å². The Morgan fingerprint density at radius 3 is 2.55 bits per heavy atom. The molecule has 2 unspecified atom stereocenters. The van der Waals surface area contributed by atoms with E-state index in [2.05, 4.69) is 0 Å². The lowest BCUT2D eigenvalue weighted by Crippen LogP contribution is -2.46. The Labute approximate surface area is 120 Å². The second-order valence-electron chi connectivity index (χ2n) is 5.09. The first kappa shape index (κ1) is 15.3. The van der Waals surface area contributed by atoms with E-state index in [9.17, 15) is 13.5 Å². The average molecular weight is 299 g/mol. The molecule has 1 fully saturated rings. The number of sulfonamides is 1. The van der Waals surface area contributed by atoms with Gasteiger partial charge in [0.05, 0.1) is 19.3 Å². The first-order valence-corrected chi connectivity index (χ1v) is 8.21. The van der Waals surface area contributed by atoms with Gasteiger partial charge in [0, 0.05) is 7.05 Å². The van der Waals surface area contributed by atoms with E-state index in [4.69, 9.17) is 4.74 Å². The maximum Gasteiger partial charge on any atom is 0.246 e. The van der Waals surface area contributed by atoms with Gasteiger partial charge in [-0.2, -0.15) is 4.31 Å². The minimum Gasteiger partial charge on any atom is -0.495 e. The van der Waals surface area contributed by atoms with E-state index in [1.807, 2.05) is 0 Å². The molecule has 2 rings (SSSR count). The summed E-state index contributed by atoms with van der Waals surface area (Å²) in [6.07, 6.45) is 2.62. The molecular formula is C14H21NO4S. The fraction of sp³-hybridized carbons (Fsp3) is 0.571. The van der Waals surface area contributed by atoms with Gasteiger partial charge in [0.2, 0.25) is 10.0 Å². The van der Waals surface area contributed by atoms with Gasteiger partial charge in [-0.15, -0.1) is 0 Å². The van der Waals surface area contributed by atoms with Crippen LogP contribution >= 0.6 is 0 Å². The molecule has 0 aromatic heterocycles. The highest BCUT2D eigenvalue weighted by Gasteiger charge is 2.35. The maximum atomic E-state index is 12.7. The van der Waals surface area contributed by atoms with Crippen molar-refractivity contribution in [2.75, 3.05) is 14.2 Å². The molecule has 0 radical (unpaired) electrons. The van der Waals surface area contributed by atoms with E-state index in [0.717, 1.165) is 12.8 Å². The zero-order valence-corrected chi connectivity index (χ0v) is 12.6. The average Bonchev–Trinajstić information content (AvgIpc) is 2.47. The van der Waals surface area contributed by atoms with E-state index < -0.39 is 16.1 Å². The molecule has 1 N–H and O–H groups in total. The van der Waals surface area contributed by atoms with Gasteiger partial charge in [-0.05, 0) is 25.0 Å². The molecule has 0 amide bonds. The van der Waals surface area contributed by atoms with Crippen LogP contribution < -0.4 is 4.74 Å². The Hall–Kier alpha value is -1.11.